The van der Waals surface area contributed by atoms with Crippen LogP contribution >= 0.6 is 0 Å². The van der Waals surface area contributed by atoms with E-state index in [1.807, 2.05) is 27.7 Å². The number of rotatable bonds is 7. The monoisotopic (exact) mass is 242 g/mol. The third-order valence-electron chi connectivity index (χ3n) is 2.37. The Morgan fingerprint density at radius 3 is 2.06 bits per heavy atom. The number of nitrogens with one attached hydrogen (secondary N) is 1. The van der Waals surface area contributed by atoms with Crippen molar-refractivity contribution in [3.63, 3.8) is 0 Å². The predicted octanol–water partition coefficient (Wildman–Crippen LogP) is 2.64. The van der Waals surface area contributed by atoms with Gasteiger partial charge in [0, 0.05) is 0 Å². The van der Waals surface area contributed by atoms with E-state index in [1.54, 1.807) is 0 Å². The molecule has 1 N–H and O–H groups in total. The van der Waals surface area contributed by atoms with Crippen molar-refractivity contribution in [3.8, 4) is 6.07 Å². The van der Waals surface area contributed by atoms with Crippen LogP contribution < -0.4 is 5.32 Å². The maximum Gasteiger partial charge on any atom is 0.319 e. The SMILES string of the molecule is CC.CCCC(C#N)(CCC)NCC(=O)OC. The summed E-state index contributed by atoms with van der Waals surface area (Å²) in [6, 6.07) is 2.28. The van der Waals surface area contributed by atoms with Gasteiger partial charge in [0.25, 0.3) is 0 Å². The van der Waals surface area contributed by atoms with Crippen molar-refractivity contribution in [2.24, 2.45) is 0 Å². The highest BCUT2D eigenvalue weighted by Crippen LogP contribution is 2.18. The van der Waals surface area contributed by atoms with E-state index in [0.29, 0.717) is 0 Å². The van der Waals surface area contributed by atoms with Gasteiger partial charge in [-0.25, -0.2) is 0 Å². The summed E-state index contributed by atoms with van der Waals surface area (Å²) in [6.07, 6.45) is 3.35. The van der Waals surface area contributed by atoms with Crippen LogP contribution in [-0.4, -0.2) is 25.2 Å². The van der Waals surface area contributed by atoms with Crippen molar-refractivity contribution < 1.29 is 9.53 Å². The largest absolute Gasteiger partial charge is 0.468 e. The third kappa shape index (κ3) is 7.76. The van der Waals surface area contributed by atoms with E-state index >= 15 is 0 Å². The molecule has 0 aromatic carbocycles. The molecule has 0 heterocycles. The Morgan fingerprint density at radius 1 is 1.29 bits per heavy atom. The van der Waals surface area contributed by atoms with E-state index in [-0.39, 0.29) is 12.5 Å². The number of esters is 1. The van der Waals surface area contributed by atoms with E-state index < -0.39 is 5.54 Å². The van der Waals surface area contributed by atoms with Gasteiger partial charge in [-0.05, 0) is 12.8 Å². The van der Waals surface area contributed by atoms with Crippen molar-refractivity contribution in [1.82, 2.24) is 5.32 Å². The molecule has 17 heavy (non-hydrogen) atoms. The van der Waals surface area contributed by atoms with Crippen LogP contribution in [0.15, 0.2) is 0 Å². The maximum absolute atomic E-state index is 11.0. The molecule has 0 saturated carbocycles. The summed E-state index contributed by atoms with van der Waals surface area (Å²) in [5, 5.41) is 12.2. The molecule has 0 amide bonds. The zero-order valence-electron chi connectivity index (χ0n) is 11.8. The summed E-state index contributed by atoms with van der Waals surface area (Å²) < 4.78 is 4.54. The number of ether oxygens (including phenoxy) is 1. The van der Waals surface area contributed by atoms with Crippen LogP contribution in [0.4, 0.5) is 0 Å². The topological polar surface area (TPSA) is 62.1 Å². The van der Waals surface area contributed by atoms with Crippen molar-refractivity contribution in [2.75, 3.05) is 13.7 Å². The van der Waals surface area contributed by atoms with Crippen molar-refractivity contribution in [2.45, 2.75) is 58.9 Å². The summed E-state index contributed by atoms with van der Waals surface area (Å²) in [6.45, 7) is 8.16. The Bertz CT molecular complexity index is 228. The number of methoxy groups -OCH3 is 1. The standard InChI is InChI=1S/C11H20N2O2.C2H6/c1-4-6-11(9-12,7-5-2)13-8-10(14)15-3;1-2/h13H,4-8H2,1-3H3;1-2H3. The Balaban J connectivity index is 0. The predicted molar refractivity (Wildman–Crippen MR) is 69.5 cm³/mol. The quantitative estimate of drug-likeness (QED) is 0.697. The first kappa shape index (κ1) is 18.3. The molecule has 0 bridgehead atoms. The normalized spacial score (nSPS) is 9.88. The molecular weight excluding hydrogens is 216 g/mol. The smallest absolute Gasteiger partial charge is 0.319 e. The zero-order valence-corrected chi connectivity index (χ0v) is 11.8. The highest BCUT2D eigenvalue weighted by atomic mass is 16.5. The molecule has 0 spiro atoms. The average molecular weight is 242 g/mol. The first-order valence-corrected chi connectivity index (χ1v) is 6.37. The Hall–Kier alpha value is -1.08. The number of hydrogen-bond donors (Lipinski definition) is 1. The van der Waals surface area contributed by atoms with Crippen molar-refractivity contribution in [1.29, 1.82) is 5.26 Å². The van der Waals surface area contributed by atoms with Crippen LogP contribution in [0.2, 0.25) is 0 Å². The van der Waals surface area contributed by atoms with Crippen molar-refractivity contribution in [3.05, 3.63) is 0 Å². The lowest BCUT2D eigenvalue weighted by Crippen LogP contribution is -2.46. The lowest BCUT2D eigenvalue weighted by atomic mass is 9.90. The second kappa shape index (κ2) is 11.4. The fourth-order valence-corrected chi connectivity index (χ4v) is 1.62. The van der Waals surface area contributed by atoms with Gasteiger partial charge in [0.2, 0.25) is 0 Å². The third-order valence-corrected chi connectivity index (χ3v) is 2.37. The zero-order chi connectivity index (χ0) is 13.7. The van der Waals surface area contributed by atoms with Gasteiger partial charge in [-0.3, -0.25) is 10.1 Å². The van der Waals surface area contributed by atoms with Crippen LogP contribution in [0.5, 0.6) is 0 Å². The van der Waals surface area contributed by atoms with E-state index in [2.05, 4.69) is 16.1 Å². The molecule has 0 rings (SSSR count). The molecule has 0 aromatic rings. The number of hydrogen-bond acceptors (Lipinski definition) is 4. The van der Waals surface area contributed by atoms with Crippen molar-refractivity contribution >= 4 is 5.97 Å². The van der Waals surface area contributed by atoms with Gasteiger partial charge in [-0.15, -0.1) is 0 Å². The molecule has 0 radical (unpaired) electrons. The average Bonchev–Trinajstić information content (AvgIpc) is 2.38. The molecule has 4 nitrogen and oxygen atoms in total. The van der Waals surface area contributed by atoms with E-state index in [1.165, 1.54) is 7.11 Å². The molecule has 0 atom stereocenters. The van der Waals surface area contributed by atoms with E-state index in [0.717, 1.165) is 25.7 Å². The Morgan fingerprint density at radius 2 is 1.76 bits per heavy atom. The highest BCUT2D eigenvalue weighted by Gasteiger charge is 2.28. The van der Waals surface area contributed by atoms with Gasteiger partial charge in [0.05, 0.1) is 19.7 Å². The summed E-state index contributed by atoms with van der Waals surface area (Å²) in [5.41, 5.74) is -0.572. The first-order chi connectivity index (χ1) is 8.14. The molecule has 100 valence electrons. The highest BCUT2D eigenvalue weighted by molar-refractivity contribution is 5.71. The second-order valence-corrected chi connectivity index (χ2v) is 3.62. The van der Waals surface area contributed by atoms with Crippen LogP contribution in [0.1, 0.15) is 53.4 Å². The summed E-state index contributed by atoms with van der Waals surface area (Å²) in [7, 11) is 1.34. The molecule has 0 aromatic heterocycles. The second-order valence-electron chi connectivity index (χ2n) is 3.62. The van der Waals surface area contributed by atoms with Gasteiger partial charge in [-0.1, -0.05) is 40.5 Å². The van der Waals surface area contributed by atoms with E-state index in [4.69, 9.17) is 5.26 Å². The molecule has 0 fully saturated rings. The fraction of sp³-hybridized carbons (Fsp3) is 0.846. The molecule has 0 unspecified atom stereocenters. The summed E-state index contributed by atoms with van der Waals surface area (Å²) in [4.78, 5) is 11.0. The van der Waals surface area contributed by atoms with E-state index in [9.17, 15) is 4.79 Å². The maximum atomic E-state index is 11.0. The van der Waals surface area contributed by atoms with Gasteiger partial charge in [0.1, 0.15) is 5.54 Å². The summed E-state index contributed by atoms with van der Waals surface area (Å²) in [5.74, 6) is -0.332. The number of nitrogens with zero attached hydrogens (tertiary/aromatic N) is 1. The first-order valence-electron chi connectivity index (χ1n) is 6.37. The van der Waals surface area contributed by atoms with Crippen LogP contribution in [0, 0.1) is 11.3 Å². The molecule has 0 saturated heterocycles. The van der Waals surface area contributed by atoms with Gasteiger partial charge in [0.15, 0.2) is 0 Å². The minimum absolute atomic E-state index is 0.101. The van der Waals surface area contributed by atoms with Gasteiger partial charge < -0.3 is 4.74 Å². The Kier molecular flexibility index (Phi) is 12.3. The summed E-state index contributed by atoms with van der Waals surface area (Å²) >= 11 is 0. The van der Waals surface area contributed by atoms with Crippen LogP contribution in [0.25, 0.3) is 0 Å². The number of nitriles is 1. The van der Waals surface area contributed by atoms with Gasteiger partial charge >= 0.3 is 5.97 Å². The van der Waals surface area contributed by atoms with Crippen LogP contribution in [0.3, 0.4) is 0 Å². The molecule has 0 aliphatic carbocycles. The lowest BCUT2D eigenvalue weighted by Gasteiger charge is -2.26. The minimum atomic E-state index is -0.572. The molecule has 0 aliphatic rings. The van der Waals surface area contributed by atoms with Gasteiger partial charge in [-0.2, -0.15) is 5.26 Å². The van der Waals surface area contributed by atoms with Crippen LogP contribution in [-0.2, 0) is 9.53 Å². The minimum Gasteiger partial charge on any atom is -0.468 e. The number of carbonyl (C=O) groups excluding carboxylic acids is 1. The molecular formula is C13H26N2O2. The molecule has 0 aliphatic heterocycles. The number of carbonyl (C=O) groups is 1. The molecule has 4 heteroatoms. The fourth-order valence-electron chi connectivity index (χ4n) is 1.62. The lowest BCUT2D eigenvalue weighted by molar-refractivity contribution is -0.139. The Labute approximate surface area is 105 Å².